The summed E-state index contributed by atoms with van der Waals surface area (Å²) in [5, 5.41) is 9.34. The van der Waals surface area contributed by atoms with Crippen LogP contribution in [0, 0.1) is 0 Å². The fourth-order valence-electron chi connectivity index (χ4n) is 0.438. The molecule has 10 heavy (non-hydrogen) atoms. The Balaban J connectivity index is 3.17. The molecule has 0 aliphatic rings. The first-order valence-corrected chi connectivity index (χ1v) is 4.61. The van der Waals surface area contributed by atoms with Crippen LogP contribution in [0.2, 0.25) is 0 Å². The first-order chi connectivity index (χ1) is 4.70. The molecule has 0 aliphatic carbocycles. The van der Waals surface area contributed by atoms with Crippen LogP contribution in [0.15, 0.2) is 0 Å². The van der Waals surface area contributed by atoms with Gasteiger partial charge in [0.05, 0.1) is 6.10 Å². The number of aliphatic hydroxyl groups excluding tert-OH is 1. The molecule has 2 atom stereocenters. The normalized spacial score (nSPS) is 16.8. The van der Waals surface area contributed by atoms with E-state index in [1.165, 1.54) is 0 Å². The van der Waals surface area contributed by atoms with Crippen LogP contribution in [0.25, 0.3) is 0 Å². The third-order valence-electron chi connectivity index (χ3n) is 1.33. The summed E-state index contributed by atoms with van der Waals surface area (Å²) in [5.41, 5.74) is 0. The quantitative estimate of drug-likeness (QED) is 0.672. The molecule has 2 unspecified atom stereocenters. The van der Waals surface area contributed by atoms with Crippen molar-refractivity contribution in [3.8, 4) is 0 Å². The molecule has 0 radical (unpaired) electrons. The van der Waals surface area contributed by atoms with Crippen LogP contribution >= 0.6 is 11.8 Å². The van der Waals surface area contributed by atoms with E-state index in [1.807, 2.05) is 0 Å². The van der Waals surface area contributed by atoms with Crippen molar-refractivity contribution >= 4 is 11.8 Å². The molecule has 0 rings (SSSR count). The SMILES string of the molecule is CCC(C)SCC(O)CF. The van der Waals surface area contributed by atoms with E-state index in [0.29, 0.717) is 11.0 Å². The van der Waals surface area contributed by atoms with Crippen LogP contribution in [0.3, 0.4) is 0 Å². The predicted molar refractivity (Wildman–Crippen MR) is 44.2 cm³/mol. The highest BCUT2D eigenvalue weighted by Crippen LogP contribution is 2.14. The summed E-state index contributed by atoms with van der Waals surface area (Å²) in [5.74, 6) is 0.519. The number of aliphatic hydroxyl groups is 1. The molecule has 62 valence electrons. The van der Waals surface area contributed by atoms with Crippen LogP contribution in [0.5, 0.6) is 0 Å². The van der Waals surface area contributed by atoms with E-state index >= 15 is 0 Å². The minimum atomic E-state index is -0.765. The van der Waals surface area contributed by atoms with Crippen molar-refractivity contribution in [1.82, 2.24) is 0 Å². The van der Waals surface area contributed by atoms with E-state index in [-0.39, 0.29) is 0 Å². The second-order valence-electron chi connectivity index (χ2n) is 2.36. The number of hydrogen-bond donors (Lipinski definition) is 1. The summed E-state index contributed by atoms with van der Waals surface area (Å²) in [6.45, 7) is 3.54. The molecule has 0 aromatic rings. The standard InChI is InChI=1S/C7H15FOS/c1-3-6(2)10-5-7(9)4-8/h6-7,9H,3-5H2,1-2H3. The van der Waals surface area contributed by atoms with Crippen molar-refractivity contribution in [1.29, 1.82) is 0 Å². The van der Waals surface area contributed by atoms with Crippen molar-refractivity contribution in [3.05, 3.63) is 0 Å². The topological polar surface area (TPSA) is 20.2 Å². The number of halogens is 1. The Morgan fingerprint density at radius 1 is 1.60 bits per heavy atom. The van der Waals surface area contributed by atoms with E-state index in [0.717, 1.165) is 6.42 Å². The maximum Gasteiger partial charge on any atom is 0.116 e. The highest BCUT2D eigenvalue weighted by Gasteiger charge is 2.05. The number of hydrogen-bond acceptors (Lipinski definition) is 2. The molecular formula is C7H15FOS. The van der Waals surface area contributed by atoms with Gasteiger partial charge in [-0.2, -0.15) is 11.8 Å². The Kier molecular flexibility index (Phi) is 6.13. The average molecular weight is 166 g/mol. The summed E-state index contributed by atoms with van der Waals surface area (Å²) >= 11 is 1.62. The summed E-state index contributed by atoms with van der Waals surface area (Å²) in [6.07, 6.45) is 0.308. The largest absolute Gasteiger partial charge is 0.390 e. The van der Waals surface area contributed by atoms with Crippen LogP contribution in [0.4, 0.5) is 4.39 Å². The molecule has 0 aromatic heterocycles. The maximum atomic E-state index is 11.7. The molecule has 0 aliphatic heterocycles. The second-order valence-corrected chi connectivity index (χ2v) is 3.83. The zero-order chi connectivity index (χ0) is 7.98. The molecule has 0 heterocycles. The number of rotatable bonds is 5. The summed E-state index contributed by atoms with van der Waals surface area (Å²) in [6, 6.07) is 0. The minimum absolute atomic E-state index is 0.519. The lowest BCUT2D eigenvalue weighted by Gasteiger charge is -2.09. The molecule has 0 bridgehead atoms. The van der Waals surface area contributed by atoms with Gasteiger partial charge in [-0.05, 0) is 6.42 Å². The van der Waals surface area contributed by atoms with E-state index in [9.17, 15) is 4.39 Å². The van der Waals surface area contributed by atoms with Crippen molar-refractivity contribution in [2.45, 2.75) is 31.6 Å². The molecule has 0 saturated heterocycles. The molecule has 0 aromatic carbocycles. The van der Waals surface area contributed by atoms with Crippen LogP contribution < -0.4 is 0 Å². The van der Waals surface area contributed by atoms with E-state index < -0.39 is 12.8 Å². The third kappa shape index (κ3) is 5.06. The fourth-order valence-corrected chi connectivity index (χ4v) is 1.31. The van der Waals surface area contributed by atoms with Gasteiger partial charge in [-0.1, -0.05) is 13.8 Å². The monoisotopic (exact) mass is 166 g/mol. The molecule has 1 nitrogen and oxygen atoms in total. The Morgan fingerprint density at radius 2 is 2.20 bits per heavy atom. The Bertz CT molecular complexity index is 70.0. The first kappa shape index (κ1) is 10.2. The van der Waals surface area contributed by atoms with Gasteiger partial charge in [0.1, 0.15) is 6.67 Å². The molecule has 1 N–H and O–H groups in total. The summed E-state index contributed by atoms with van der Waals surface area (Å²) in [4.78, 5) is 0. The molecule has 0 amide bonds. The first-order valence-electron chi connectivity index (χ1n) is 3.56. The lowest BCUT2D eigenvalue weighted by molar-refractivity contribution is 0.162. The molecule has 0 saturated carbocycles. The smallest absolute Gasteiger partial charge is 0.116 e. The fraction of sp³-hybridized carbons (Fsp3) is 1.00. The molecule has 0 spiro atoms. The number of alkyl halides is 1. The van der Waals surface area contributed by atoms with Gasteiger partial charge in [0, 0.05) is 11.0 Å². The molecular weight excluding hydrogens is 151 g/mol. The lowest BCUT2D eigenvalue weighted by Crippen LogP contribution is -2.13. The average Bonchev–Trinajstić information content (AvgIpc) is 1.99. The highest BCUT2D eigenvalue weighted by molar-refractivity contribution is 7.99. The summed E-state index contributed by atoms with van der Waals surface area (Å²) in [7, 11) is 0. The van der Waals surface area contributed by atoms with Gasteiger partial charge in [0.25, 0.3) is 0 Å². The van der Waals surface area contributed by atoms with Gasteiger partial charge in [0.2, 0.25) is 0 Å². The molecule has 3 heteroatoms. The van der Waals surface area contributed by atoms with Crippen LogP contribution in [-0.2, 0) is 0 Å². The molecule has 0 fully saturated rings. The van der Waals surface area contributed by atoms with E-state index in [4.69, 9.17) is 5.11 Å². The van der Waals surface area contributed by atoms with Gasteiger partial charge in [0.15, 0.2) is 0 Å². The van der Waals surface area contributed by atoms with Gasteiger partial charge in [-0.3, -0.25) is 0 Å². The van der Waals surface area contributed by atoms with Crippen molar-refractivity contribution in [2.75, 3.05) is 12.4 Å². The second kappa shape index (κ2) is 5.98. The van der Waals surface area contributed by atoms with Gasteiger partial charge >= 0.3 is 0 Å². The van der Waals surface area contributed by atoms with Gasteiger partial charge < -0.3 is 5.11 Å². The van der Waals surface area contributed by atoms with E-state index in [1.54, 1.807) is 11.8 Å². The minimum Gasteiger partial charge on any atom is -0.390 e. The van der Waals surface area contributed by atoms with Gasteiger partial charge in [-0.15, -0.1) is 0 Å². The van der Waals surface area contributed by atoms with Crippen molar-refractivity contribution in [3.63, 3.8) is 0 Å². The zero-order valence-corrected chi connectivity index (χ0v) is 7.33. The van der Waals surface area contributed by atoms with Crippen LogP contribution in [0.1, 0.15) is 20.3 Å². The van der Waals surface area contributed by atoms with E-state index in [2.05, 4.69) is 13.8 Å². The van der Waals surface area contributed by atoms with Gasteiger partial charge in [-0.25, -0.2) is 4.39 Å². The predicted octanol–water partition coefficient (Wildman–Crippen LogP) is 1.85. The third-order valence-corrected chi connectivity index (χ3v) is 2.81. The maximum absolute atomic E-state index is 11.7. The summed E-state index contributed by atoms with van der Waals surface area (Å²) < 4.78 is 11.7. The van der Waals surface area contributed by atoms with Crippen molar-refractivity contribution in [2.24, 2.45) is 0 Å². The zero-order valence-electron chi connectivity index (χ0n) is 6.51. The lowest BCUT2D eigenvalue weighted by atomic mass is 10.4. The highest BCUT2D eigenvalue weighted by atomic mass is 32.2. The number of thioether (sulfide) groups is 1. The Labute approximate surface area is 66.0 Å². The Hall–Kier alpha value is 0.240. The van der Waals surface area contributed by atoms with Crippen LogP contribution in [-0.4, -0.2) is 28.9 Å². The van der Waals surface area contributed by atoms with Crippen molar-refractivity contribution < 1.29 is 9.50 Å². The Morgan fingerprint density at radius 3 is 2.60 bits per heavy atom.